The summed E-state index contributed by atoms with van der Waals surface area (Å²) in [4.78, 5) is 0. The Balaban J connectivity index is 2.21. The monoisotopic (exact) mass is 276 g/mol. The van der Waals surface area contributed by atoms with Gasteiger partial charge in [-0.05, 0) is 24.6 Å². The third kappa shape index (κ3) is 2.48. The quantitative estimate of drug-likeness (QED) is 0.782. The van der Waals surface area contributed by atoms with Crippen LogP contribution in [-0.4, -0.2) is 13.2 Å². The lowest BCUT2D eigenvalue weighted by Crippen LogP contribution is -2.17. The maximum Gasteiger partial charge on any atom is 0.183 e. The normalized spacial score (nSPS) is 18.4. The largest absolute Gasteiger partial charge is 0.348 e. The number of benzene rings is 1. The molecule has 0 spiro atoms. The van der Waals surface area contributed by atoms with Gasteiger partial charge in [-0.2, -0.15) is 0 Å². The zero-order valence-corrected chi connectivity index (χ0v) is 9.85. The van der Waals surface area contributed by atoms with E-state index in [1.54, 1.807) is 0 Å². The van der Waals surface area contributed by atoms with Crippen molar-refractivity contribution in [3.05, 3.63) is 33.3 Å². The minimum absolute atomic E-state index is 0.265. The van der Waals surface area contributed by atoms with E-state index in [1.807, 2.05) is 18.2 Å². The van der Waals surface area contributed by atoms with E-state index in [-0.39, 0.29) is 6.29 Å². The van der Waals surface area contributed by atoms with E-state index in [2.05, 4.69) is 15.9 Å². The van der Waals surface area contributed by atoms with E-state index in [0.29, 0.717) is 5.02 Å². The summed E-state index contributed by atoms with van der Waals surface area (Å²) in [5, 5.41) is 0.687. The smallest absolute Gasteiger partial charge is 0.183 e. The van der Waals surface area contributed by atoms with Gasteiger partial charge in [0.25, 0.3) is 0 Å². The van der Waals surface area contributed by atoms with Crippen molar-refractivity contribution in [3.8, 4) is 0 Å². The lowest BCUT2D eigenvalue weighted by Gasteiger charge is -2.23. The van der Waals surface area contributed by atoms with Gasteiger partial charge in [0.1, 0.15) is 0 Å². The second kappa shape index (κ2) is 4.62. The van der Waals surface area contributed by atoms with Crippen LogP contribution in [0.4, 0.5) is 0 Å². The molecule has 14 heavy (non-hydrogen) atoms. The summed E-state index contributed by atoms with van der Waals surface area (Å²) in [5.41, 5.74) is 0.962. The molecule has 1 aromatic carbocycles. The van der Waals surface area contributed by atoms with Gasteiger partial charge in [-0.15, -0.1) is 0 Å². The number of hydrogen-bond acceptors (Lipinski definition) is 2. The van der Waals surface area contributed by atoms with Gasteiger partial charge in [0, 0.05) is 15.1 Å². The van der Waals surface area contributed by atoms with Crippen LogP contribution in [0.5, 0.6) is 0 Å². The fourth-order valence-electron chi connectivity index (χ4n) is 1.39. The van der Waals surface area contributed by atoms with Crippen LogP contribution in [-0.2, 0) is 9.47 Å². The Morgan fingerprint density at radius 2 is 1.93 bits per heavy atom. The Bertz CT molecular complexity index is 304. The van der Waals surface area contributed by atoms with Gasteiger partial charge in [0.15, 0.2) is 6.29 Å². The third-order valence-electron chi connectivity index (χ3n) is 1.98. The van der Waals surface area contributed by atoms with Crippen molar-refractivity contribution in [1.29, 1.82) is 0 Å². The summed E-state index contributed by atoms with van der Waals surface area (Å²) in [7, 11) is 0. The molecule has 0 aliphatic carbocycles. The molecule has 4 heteroatoms. The first-order chi connectivity index (χ1) is 6.75. The van der Waals surface area contributed by atoms with E-state index < -0.39 is 0 Å². The van der Waals surface area contributed by atoms with Gasteiger partial charge < -0.3 is 9.47 Å². The van der Waals surface area contributed by atoms with Crippen molar-refractivity contribution >= 4 is 27.5 Å². The topological polar surface area (TPSA) is 18.5 Å². The van der Waals surface area contributed by atoms with Crippen molar-refractivity contribution in [2.24, 2.45) is 0 Å². The Kier molecular flexibility index (Phi) is 3.44. The molecule has 1 heterocycles. The minimum Gasteiger partial charge on any atom is -0.348 e. The second-order valence-corrected chi connectivity index (χ2v) is 4.48. The molecule has 0 unspecified atom stereocenters. The van der Waals surface area contributed by atoms with E-state index in [4.69, 9.17) is 21.1 Å². The molecule has 0 aromatic heterocycles. The van der Waals surface area contributed by atoms with Gasteiger partial charge >= 0.3 is 0 Å². The van der Waals surface area contributed by atoms with Crippen LogP contribution in [0.1, 0.15) is 18.3 Å². The molecule has 1 fully saturated rings. The van der Waals surface area contributed by atoms with Crippen LogP contribution >= 0.6 is 27.5 Å². The average Bonchev–Trinajstić information content (AvgIpc) is 2.18. The highest BCUT2D eigenvalue weighted by atomic mass is 79.9. The molecule has 0 amide bonds. The zero-order chi connectivity index (χ0) is 9.97. The molecule has 1 saturated heterocycles. The molecular formula is C10H10BrClO2. The lowest BCUT2D eigenvalue weighted by molar-refractivity contribution is -0.183. The first-order valence-electron chi connectivity index (χ1n) is 4.45. The molecular weight excluding hydrogens is 267 g/mol. The minimum atomic E-state index is -0.265. The lowest BCUT2D eigenvalue weighted by atomic mass is 10.2. The molecule has 0 bridgehead atoms. The maximum atomic E-state index is 5.93. The highest BCUT2D eigenvalue weighted by Gasteiger charge is 2.17. The molecule has 0 saturated carbocycles. The summed E-state index contributed by atoms with van der Waals surface area (Å²) in [6.45, 7) is 1.49. The first kappa shape index (κ1) is 10.4. The molecule has 2 nitrogen and oxygen atoms in total. The van der Waals surface area contributed by atoms with E-state index in [0.717, 1.165) is 29.7 Å². The van der Waals surface area contributed by atoms with Gasteiger partial charge in [-0.25, -0.2) is 0 Å². The predicted molar refractivity (Wildman–Crippen MR) is 58.4 cm³/mol. The van der Waals surface area contributed by atoms with Crippen LogP contribution in [0.15, 0.2) is 22.7 Å². The fourth-order valence-corrected chi connectivity index (χ4v) is 2.28. The van der Waals surface area contributed by atoms with Crippen LogP contribution in [0, 0.1) is 0 Å². The summed E-state index contributed by atoms with van der Waals surface area (Å²) in [5.74, 6) is 0. The van der Waals surface area contributed by atoms with Crippen molar-refractivity contribution in [3.63, 3.8) is 0 Å². The van der Waals surface area contributed by atoms with Gasteiger partial charge in [-0.3, -0.25) is 0 Å². The van der Waals surface area contributed by atoms with Gasteiger partial charge in [0.05, 0.1) is 13.2 Å². The zero-order valence-electron chi connectivity index (χ0n) is 7.50. The first-order valence-corrected chi connectivity index (χ1v) is 5.62. The fraction of sp³-hybridized carbons (Fsp3) is 0.400. The van der Waals surface area contributed by atoms with E-state index in [1.165, 1.54) is 0 Å². The van der Waals surface area contributed by atoms with Crippen LogP contribution in [0.3, 0.4) is 0 Å². The molecule has 0 radical (unpaired) electrons. The van der Waals surface area contributed by atoms with Crippen molar-refractivity contribution in [2.75, 3.05) is 13.2 Å². The summed E-state index contributed by atoms with van der Waals surface area (Å²) in [6.07, 6.45) is 0.692. The van der Waals surface area contributed by atoms with E-state index in [9.17, 15) is 0 Å². The Labute approximate surface area is 96.3 Å². The SMILES string of the molecule is Clc1cc(Br)cc(C2OCCCO2)c1. The maximum absolute atomic E-state index is 5.93. The van der Waals surface area contributed by atoms with Gasteiger partial charge in [-0.1, -0.05) is 27.5 Å². The summed E-state index contributed by atoms with van der Waals surface area (Å²) in [6, 6.07) is 5.66. The number of ether oxygens (including phenoxy) is 2. The van der Waals surface area contributed by atoms with E-state index >= 15 is 0 Å². The highest BCUT2D eigenvalue weighted by Crippen LogP contribution is 2.28. The van der Waals surface area contributed by atoms with Crippen molar-refractivity contribution < 1.29 is 9.47 Å². The highest BCUT2D eigenvalue weighted by molar-refractivity contribution is 9.10. The van der Waals surface area contributed by atoms with Gasteiger partial charge in [0.2, 0.25) is 0 Å². The molecule has 1 aliphatic rings. The van der Waals surface area contributed by atoms with Crippen LogP contribution in [0.2, 0.25) is 5.02 Å². The summed E-state index contributed by atoms with van der Waals surface area (Å²) >= 11 is 9.31. The standard InChI is InChI=1S/C10H10BrClO2/c11-8-4-7(5-9(12)6-8)10-13-2-1-3-14-10/h4-6,10H,1-3H2. The number of rotatable bonds is 1. The molecule has 2 rings (SSSR count). The van der Waals surface area contributed by atoms with Crippen LogP contribution < -0.4 is 0 Å². The Morgan fingerprint density at radius 1 is 1.21 bits per heavy atom. The Morgan fingerprint density at radius 3 is 2.57 bits per heavy atom. The molecule has 0 atom stereocenters. The van der Waals surface area contributed by atoms with Crippen LogP contribution in [0.25, 0.3) is 0 Å². The Hall–Kier alpha value is -0.0900. The average molecular weight is 278 g/mol. The molecule has 1 aromatic rings. The predicted octanol–water partition coefficient (Wildman–Crippen LogP) is 3.54. The molecule has 1 aliphatic heterocycles. The number of halogens is 2. The van der Waals surface area contributed by atoms with Crippen molar-refractivity contribution in [1.82, 2.24) is 0 Å². The third-order valence-corrected chi connectivity index (χ3v) is 2.66. The molecule has 76 valence electrons. The van der Waals surface area contributed by atoms with Crippen molar-refractivity contribution in [2.45, 2.75) is 12.7 Å². The molecule has 0 N–H and O–H groups in total. The second-order valence-electron chi connectivity index (χ2n) is 3.13. The summed E-state index contributed by atoms with van der Waals surface area (Å²) < 4.78 is 11.9. The number of hydrogen-bond donors (Lipinski definition) is 0.